The molecule has 2 saturated heterocycles. The van der Waals surface area contributed by atoms with Gasteiger partial charge in [-0.25, -0.2) is 29.3 Å². The van der Waals surface area contributed by atoms with E-state index in [0.29, 0.717) is 39.2 Å². The SMILES string of the molecule is C1CCOC1.CC(=O)N(O)CCCC[C@H](NC(=O)c1ccc2c(c1)C(=O)OC21c2cc3c4c(c2Oc2c1cc1c5c2CCCN5CCC1)CCCN4CCC3)C(=O)O.CC(=O)N(O)CCCC[C@H](NC(=O)c1ccc2c(c1)C(=O)OC21c2cc3c4c(c2Oc2c1cc1c5c2CCCN5CCC1)CCCN4CCC3)C(=O)ON1C(=O)CCC1=O. The number of hydroxylamine groups is 6. The van der Waals surface area contributed by atoms with Crippen molar-refractivity contribution in [1.82, 2.24) is 25.8 Å². The van der Waals surface area contributed by atoms with Crippen molar-refractivity contribution in [1.29, 1.82) is 0 Å². The van der Waals surface area contributed by atoms with Crippen LogP contribution in [0.15, 0.2) is 60.7 Å². The fourth-order valence-electron chi connectivity index (χ4n) is 20.8. The molecule has 2 atom stereocenters. The molecule has 2 fully saturated rings. The van der Waals surface area contributed by atoms with Gasteiger partial charge < -0.3 is 63.9 Å². The molecule has 20 rings (SSSR count). The van der Waals surface area contributed by atoms with Crippen molar-refractivity contribution in [2.75, 3.05) is 98.3 Å². The Labute approximate surface area is 682 Å². The van der Waals surface area contributed by atoms with Crippen LogP contribution in [0, 0.1) is 0 Å². The summed E-state index contributed by atoms with van der Waals surface area (Å²) in [5.74, 6) is -3.95. The summed E-state index contributed by atoms with van der Waals surface area (Å²) in [7, 11) is 0. The van der Waals surface area contributed by atoms with Crippen molar-refractivity contribution in [3.8, 4) is 23.0 Å². The molecule has 0 aliphatic carbocycles. The molecule has 0 radical (unpaired) electrons. The molecule has 14 heterocycles. The Balaban J connectivity index is 0.000000154. The average Bonchev–Trinajstić information content (AvgIpc) is 1.38. The van der Waals surface area contributed by atoms with Crippen molar-refractivity contribution in [3.05, 3.63) is 161 Å². The minimum atomic E-state index is -1.33. The molecule has 28 heteroatoms. The van der Waals surface area contributed by atoms with E-state index in [1.54, 1.807) is 24.3 Å². The second-order valence-electron chi connectivity index (χ2n) is 33.6. The van der Waals surface area contributed by atoms with E-state index in [1.807, 2.05) is 0 Å². The summed E-state index contributed by atoms with van der Waals surface area (Å²) < 4.78 is 32.8. The van der Waals surface area contributed by atoms with Gasteiger partial charge >= 0.3 is 23.9 Å². The smallest absolute Gasteiger partial charge is 0.355 e. The predicted octanol–water partition coefficient (Wildman–Crippen LogP) is 10.8. The largest absolute Gasteiger partial charge is 0.480 e. The van der Waals surface area contributed by atoms with E-state index < -0.39 is 82.6 Å². The van der Waals surface area contributed by atoms with Crippen LogP contribution in [-0.4, -0.2) is 181 Å². The van der Waals surface area contributed by atoms with Gasteiger partial charge in [-0.2, -0.15) is 0 Å². The van der Waals surface area contributed by atoms with Gasteiger partial charge in [0.1, 0.15) is 35.1 Å². The summed E-state index contributed by atoms with van der Waals surface area (Å²) in [5.41, 5.74) is 17.3. The minimum absolute atomic E-state index is 0.00433. The van der Waals surface area contributed by atoms with E-state index in [9.17, 15) is 63.5 Å². The van der Waals surface area contributed by atoms with Crippen molar-refractivity contribution in [2.24, 2.45) is 0 Å². The second-order valence-corrected chi connectivity index (χ2v) is 33.6. The number of unbranched alkanes of at least 4 members (excludes halogenated alkanes) is 2. The molecule has 14 aliphatic heterocycles. The number of hydrogen-bond donors (Lipinski definition) is 5. The molecular formula is C90H99N9O19. The van der Waals surface area contributed by atoms with Gasteiger partial charge in [0.2, 0.25) is 11.8 Å². The summed E-state index contributed by atoms with van der Waals surface area (Å²) in [6.45, 7) is 12.5. The zero-order valence-electron chi connectivity index (χ0n) is 66.8. The number of benzene rings is 6. The molecule has 6 aromatic carbocycles. The number of ether oxygens (including phenoxy) is 5. The zero-order chi connectivity index (χ0) is 81.6. The number of esters is 2. The third kappa shape index (κ3) is 13.6. The van der Waals surface area contributed by atoms with Crippen LogP contribution in [0.2, 0.25) is 0 Å². The quantitative estimate of drug-likeness (QED) is 0.0186. The number of nitrogens with one attached hydrogen (secondary N) is 2. The predicted molar refractivity (Wildman–Crippen MR) is 428 cm³/mol. The maximum absolute atomic E-state index is 14.4. The second kappa shape index (κ2) is 31.6. The number of aryl methyl sites for hydroxylation is 4. The van der Waals surface area contributed by atoms with Crippen LogP contribution in [0.4, 0.5) is 22.7 Å². The number of amides is 6. The van der Waals surface area contributed by atoms with Gasteiger partial charge in [-0.3, -0.25) is 39.2 Å². The number of carboxylic acid groups (broad SMARTS) is 1. The molecule has 118 heavy (non-hydrogen) atoms. The molecule has 0 aromatic heterocycles. The number of fused-ring (bicyclic) bond motifs is 16. The Morgan fingerprint density at radius 2 is 0.780 bits per heavy atom. The van der Waals surface area contributed by atoms with Crippen molar-refractivity contribution < 1.29 is 92.0 Å². The van der Waals surface area contributed by atoms with Gasteiger partial charge in [-0.05, 0) is 225 Å². The maximum Gasteiger partial charge on any atom is 0.355 e. The molecule has 0 bridgehead atoms. The highest BCUT2D eigenvalue weighted by Gasteiger charge is 2.59. The van der Waals surface area contributed by atoms with Crippen LogP contribution in [0.5, 0.6) is 23.0 Å². The van der Waals surface area contributed by atoms with Crippen molar-refractivity contribution in [3.63, 3.8) is 0 Å². The number of carbonyl (C=O) groups is 10. The van der Waals surface area contributed by atoms with Crippen LogP contribution < -0.4 is 39.7 Å². The third-order valence-electron chi connectivity index (χ3n) is 26.2. The minimum Gasteiger partial charge on any atom is -0.480 e. The average molecular weight is 1610 g/mol. The molecule has 28 nitrogen and oxygen atoms in total. The number of imide groups is 1. The standard InChI is InChI=1S/C45H47N5O10.C41H44N4O8.C4H8O/c1-25(51)49(57)21-3-2-12-35(44(56)60-50-36(52)15-16-37(50)53)46-42(54)28-13-14-32-31(22-28)43(55)59-45(32)33-23-26-8-4-17-47-19-6-10-29(38(26)47)40(33)58-41-30-11-7-20-48-18-5-9-27(39(30)48)24-34(41)45;1-23(46)45(51)19-3-2-12-33(39(48)49)42-38(47)26-13-14-30-29(20-26)40(50)53-41(30)31-21-24-8-4-15-43-17-6-10-27(34(24)43)36(31)52-37-28-11-7-18-44-16-5-9-25(35(28)44)22-32(37)41;1-2-4-5-3-1/h13-14,22-24,35,57H,2-12,15-21H2,1H3,(H,46,54);13-14,20-22,33,51H,2-12,15-19H2,1H3,(H,42,47)(H,48,49);1-4H2/t35-;33-;/m00./s1. The van der Waals surface area contributed by atoms with E-state index in [0.717, 1.165) is 225 Å². The lowest BCUT2D eigenvalue weighted by Gasteiger charge is -2.45. The van der Waals surface area contributed by atoms with Gasteiger partial charge in [-0.1, -0.05) is 12.1 Å². The first-order valence-electron chi connectivity index (χ1n) is 42.5. The van der Waals surface area contributed by atoms with Gasteiger partial charge in [0.05, 0.1) is 11.1 Å². The zero-order valence-corrected chi connectivity index (χ0v) is 66.8. The lowest BCUT2D eigenvalue weighted by atomic mass is 9.72. The molecule has 618 valence electrons. The van der Waals surface area contributed by atoms with Gasteiger partial charge in [0.25, 0.3) is 23.6 Å². The van der Waals surface area contributed by atoms with Gasteiger partial charge in [-0.15, -0.1) is 5.06 Å². The Hall–Kier alpha value is -11.1. The fraction of sp³-hybridized carbons (Fsp3) is 0.489. The number of aliphatic carboxylic acids is 1. The molecule has 6 amide bonds. The summed E-state index contributed by atoms with van der Waals surface area (Å²) >= 11 is 0. The Kier molecular flexibility index (Phi) is 20.9. The molecule has 2 spiro atoms. The third-order valence-corrected chi connectivity index (χ3v) is 26.2. The van der Waals surface area contributed by atoms with E-state index >= 15 is 0 Å². The van der Waals surface area contributed by atoms with Gasteiger partial charge in [0, 0.05) is 195 Å². The van der Waals surface area contributed by atoms with Crippen LogP contribution in [-0.2, 0) is 110 Å². The number of nitrogens with zero attached hydrogens (tertiary/aromatic N) is 7. The summed E-state index contributed by atoms with van der Waals surface area (Å²) in [4.78, 5) is 144. The number of carboxylic acids is 1. The van der Waals surface area contributed by atoms with E-state index in [-0.39, 0.29) is 73.9 Å². The highest BCUT2D eigenvalue weighted by molar-refractivity contribution is 6.06. The first-order valence-corrected chi connectivity index (χ1v) is 42.5. The highest BCUT2D eigenvalue weighted by Crippen LogP contribution is 2.65. The lowest BCUT2D eigenvalue weighted by molar-refractivity contribution is -0.199. The van der Waals surface area contributed by atoms with Crippen LogP contribution in [0.25, 0.3) is 0 Å². The number of carbonyl (C=O) groups excluding carboxylic acids is 9. The van der Waals surface area contributed by atoms with Crippen molar-refractivity contribution >= 4 is 82.1 Å². The topological polar surface area (TPSA) is 334 Å². The number of anilines is 4. The van der Waals surface area contributed by atoms with E-state index in [1.165, 1.54) is 95.0 Å². The maximum atomic E-state index is 14.4. The summed E-state index contributed by atoms with van der Waals surface area (Å²) in [5, 5.41) is 36.2. The number of hydrogen-bond acceptors (Lipinski definition) is 22. The number of rotatable bonds is 17. The van der Waals surface area contributed by atoms with E-state index in [4.69, 9.17) is 28.5 Å². The van der Waals surface area contributed by atoms with Crippen LogP contribution in [0.1, 0.15) is 249 Å². The molecule has 6 aromatic rings. The van der Waals surface area contributed by atoms with Crippen LogP contribution in [0.3, 0.4) is 0 Å². The Morgan fingerprint density at radius 1 is 0.441 bits per heavy atom. The molecule has 0 saturated carbocycles. The van der Waals surface area contributed by atoms with E-state index in [2.05, 4.69) is 54.5 Å². The molecule has 14 aliphatic rings. The lowest BCUT2D eigenvalue weighted by Crippen LogP contribution is -2.45. The summed E-state index contributed by atoms with van der Waals surface area (Å²) in [6.07, 6.45) is 19.0. The molecule has 5 N–H and O–H groups in total. The fourth-order valence-corrected chi connectivity index (χ4v) is 20.8. The normalized spacial score (nSPS) is 19.3. The Bertz CT molecular complexity index is 5030. The highest BCUT2D eigenvalue weighted by atomic mass is 16.7. The van der Waals surface area contributed by atoms with Crippen LogP contribution >= 0.6 is 0 Å². The summed E-state index contributed by atoms with van der Waals surface area (Å²) in [6, 6.07) is 16.2. The first-order chi connectivity index (χ1) is 57.2. The van der Waals surface area contributed by atoms with Crippen molar-refractivity contribution in [2.45, 2.75) is 204 Å². The Morgan fingerprint density at radius 3 is 1.11 bits per heavy atom. The molecular weight excluding hydrogens is 1510 g/mol. The van der Waals surface area contributed by atoms with Gasteiger partial charge in [0.15, 0.2) is 11.2 Å². The molecule has 0 unspecified atom stereocenters. The monoisotopic (exact) mass is 1610 g/mol. The first kappa shape index (κ1) is 78.1.